The minimum Gasteiger partial charge on any atom is -0.322 e. The third-order valence-electron chi connectivity index (χ3n) is 4.18. The number of anilines is 1. The van der Waals surface area contributed by atoms with Crippen LogP contribution in [0.25, 0.3) is 27.9 Å². The van der Waals surface area contributed by atoms with E-state index in [1.165, 1.54) is 0 Å². The van der Waals surface area contributed by atoms with Crippen molar-refractivity contribution < 1.29 is 4.79 Å². The van der Waals surface area contributed by atoms with E-state index < -0.39 is 0 Å². The number of rotatable bonds is 5. The molecule has 0 aliphatic carbocycles. The van der Waals surface area contributed by atoms with Crippen molar-refractivity contribution >= 4 is 29.0 Å². The molecule has 0 saturated heterocycles. The lowest BCUT2D eigenvalue weighted by molar-refractivity contribution is -0.111. The van der Waals surface area contributed by atoms with Crippen LogP contribution in [0.4, 0.5) is 5.69 Å². The predicted molar refractivity (Wildman–Crippen MR) is 117 cm³/mol. The Balaban J connectivity index is 1.48. The number of hydrogen-bond donors (Lipinski definition) is 1. The smallest absolute Gasteiger partial charge is 0.248 e. The van der Waals surface area contributed by atoms with Crippen LogP contribution in [0.5, 0.6) is 0 Å². The number of hydrogen-bond acceptors (Lipinski definition) is 3. The topological polar surface area (TPSA) is 42.0 Å². The summed E-state index contributed by atoms with van der Waals surface area (Å²) in [5.74, 6) is -0.163. The van der Waals surface area contributed by atoms with E-state index in [4.69, 9.17) is 4.98 Å². The number of carbonyl (C=O) groups excluding carboxylic acids is 1. The van der Waals surface area contributed by atoms with Crippen molar-refractivity contribution in [3.63, 3.8) is 0 Å². The average Bonchev–Trinajstić information content (AvgIpc) is 3.24. The average molecular weight is 382 g/mol. The van der Waals surface area contributed by atoms with E-state index in [9.17, 15) is 4.79 Å². The fourth-order valence-corrected chi connectivity index (χ4v) is 3.63. The van der Waals surface area contributed by atoms with Gasteiger partial charge in [-0.25, -0.2) is 4.98 Å². The largest absolute Gasteiger partial charge is 0.322 e. The summed E-state index contributed by atoms with van der Waals surface area (Å²) in [6.45, 7) is 0. The van der Waals surface area contributed by atoms with Crippen molar-refractivity contribution in [2.45, 2.75) is 0 Å². The molecule has 0 spiro atoms. The van der Waals surface area contributed by atoms with Crippen molar-refractivity contribution in [1.29, 1.82) is 0 Å². The molecular formula is C24H18N2OS. The summed E-state index contributed by atoms with van der Waals surface area (Å²) < 4.78 is 0. The zero-order valence-corrected chi connectivity index (χ0v) is 15.9. The van der Waals surface area contributed by atoms with Gasteiger partial charge in [0, 0.05) is 28.3 Å². The van der Waals surface area contributed by atoms with Crippen molar-refractivity contribution in [1.82, 2.24) is 4.98 Å². The van der Waals surface area contributed by atoms with Gasteiger partial charge in [-0.05, 0) is 23.8 Å². The van der Waals surface area contributed by atoms with Crippen LogP contribution >= 0.6 is 11.3 Å². The van der Waals surface area contributed by atoms with Crippen LogP contribution in [0.1, 0.15) is 5.56 Å². The molecular weight excluding hydrogens is 364 g/mol. The van der Waals surface area contributed by atoms with Gasteiger partial charge in [-0.2, -0.15) is 0 Å². The van der Waals surface area contributed by atoms with Gasteiger partial charge in [-0.3, -0.25) is 4.79 Å². The third kappa shape index (κ3) is 4.42. The third-order valence-corrected chi connectivity index (χ3v) is 5.07. The minimum atomic E-state index is -0.163. The van der Waals surface area contributed by atoms with Crippen molar-refractivity contribution in [2.75, 3.05) is 5.32 Å². The number of nitrogens with one attached hydrogen (secondary N) is 1. The molecule has 0 saturated carbocycles. The Morgan fingerprint density at radius 1 is 0.857 bits per heavy atom. The molecule has 3 aromatic carbocycles. The fraction of sp³-hybridized carbons (Fsp3) is 0. The quantitative estimate of drug-likeness (QED) is 0.422. The summed E-state index contributed by atoms with van der Waals surface area (Å²) in [6, 6.07) is 27.6. The van der Waals surface area contributed by atoms with Crippen LogP contribution < -0.4 is 5.32 Å². The molecule has 0 fully saturated rings. The minimum absolute atomic E-state index is 0.163. The molecule has 136 valence electrons. The molecule has 4 aromatic rings. The Bertz CT molecular complexity index is 1100. The summed E-state index contributed by atoms with van der Waals surface area (Å²) in [7, 11) is 0. The summed E-state index contributed by atoms with van der Waals surface area (Å²) in [4.78, 5) is 17.0. The Morgan fingerprint density at radius 2 is 1.57 bits per heavy atom. The van der Waals surface area contributed by atoms with E-state index in [1.807, 2.05) is 78.2 Å². The van der Waals surface area contributed by atoms with Gasteiger partial charge in [0.2, 0.25) is 5.91 Å². The normalized spacial score (nSPS) is 10.9. The lowest BCUT2D eigenvalue weighted by Crippen LogP contribution is -2.07. The second-order valence-corrected chi connectivity index (χ2v) is 7.08. The van der Waals surface area contributed by atoms with Crippen molar-refractivity contribution in [2.24, 2.45) is 0 Å². The first-order valence-electron chi connectivity index (χ1n) is 8.93. The molecule has 0 unspecified atom stereocenters. The Morgan fingerprint density at radius 3 is 2.36 bits per heavy atom. The van der Waals surface area contributed by atoms with Crippen LogP contribution in [-0.2, 0) is 4.79 Å². The molecule has 1 aromatic heterocycles. The molecule has 4 heteroatoms. The van der Waals surface area contributed by atoms with E-state index in [-0.39, 0.29) is 5.91 Å². The Labute approximate surface area is 168 Å². The van der Waals surface area contributed by atoms with Gasteiger partial charge in [-0.1, -0.05) is 72.8 Å². The van der Waals surface area contributed by atoms with Crippen LogP contribution in [0.15, 0.2) is 96.4 Å². The summed E-state index contributed by atoms with van der Waals surface area (Å²) in [5.41, 5.74) is 4.72. The van der Waals surface area contributed by atoms with Crippen LogP contribution in [0.2, 0.25) is 0 Å². The first kappa shape index (κ1) is 17.9. The van der Waals surface area contributed by atoms with E-state index >= 15 is 0 Å². The lowest BCUT2D eigenvalue weighted by Gasteiger charge is -2.04. The van der Waals surface area contributed by atoms with Gasteiger partial charge in [0.25, 0.3) is 0 Å². The monoisotopic (exact) mass is 382 g/mol. The molecule has 0 atom stereocenters. The molecule has 4 rings (SSSR count). The number of aromatic nitrogens is 1. The van der Waals surface area contributed by atoms with Crippen LogP contribution in [-0.4, -0.2) is 10.9 Å². The maximum Gasteiger partial charge on any atom is 0.248 e. The molecule has 1 N–H and O–H groups in total. The maximum absolute atomic E-state index is 12.2. The van der Waals surface area contributed by atoms with Gasteiger partial charge in [0.15, 0.2) is 0 Å². The molecule has 0 radical (unpaired) electrons. The predicted octanol–water partition coefficient (Wildman–Crippen LogP) is 6.13. The van der Waals surface area contributed by atoms with Gasteiger partial charge >= 0.3 is 0 Å². The first-order valence-corrected chi connectivity index (χ1v) is 9.81. The number of carbonyl (C=O) groups is 1. The highest BCUT2D eigenvalue weighted by molar-refractivity contribution is 7.13. The van der Waals surface area contributed by atoms with Gasteiger partial charge < -0.3 is 5.32 Å². The maximum atomic E-state index is 12.2. The number of nitrogens with zero attached hydrogens (tertiary/aromatic N) is 1. The molecule has 1 heterocycles. The van der Waals surface area contributed by atoms with E-state index in [0.29, 0.717) is 0 Å². The second-order valence-electron chi connectivity index (χ2n) is 6.22. The highest BCUT2D eigenvalue weighted by atomic mass is 32.1. The van der Waals surface area contributed by atoms with Crippen molar-refractivity contribution in [3.05, 3.63) is 102 Å². The molecule has 0 bridgehead atoms. The van der Waals surface area contributed by atoms with E-state index in [1.54, 1.807) is 23.5 Å². The molecule has 3 nitrogen and oxygen atoms in total. The zero-order chi connectivity index (χ0) is 19.2. The van der Waals surface area contributed by atoms with Gasteiger partial charge in [0.1, 0.15) is 5.01 Å². The second kappa shape index (κ2) is 8.46. The van der Waals surface area contributed by atoms with Crippen molar-refractivity contribution in [3.8, 4) is 21.8 Å². The SMILES string of the molecule is O=C(/C=C/c1ccccc1)Nc1cccc(-c2csc(-c3ccccc3)n2)c1. The van der Waals surface area contributed by atoms with Crippen LogP contribution in [0, 0.1) is 0 Å². The van der Waals surface area contributed by atoms with E-state index in [2.05, 4.69) is 17.4 Å². The molecule has 0 aliphatic rings. The Kier molecular flexibility index (Phi) is 5.41. The van der Waals surface area contributed by atoms with Gasteiger partial charge in [-0.15, -0.1) is 11.3 Å². The number of benzene rings is 3. The number of thiazole rings is 1. The molecule has 28 heavy (non-hydrogen) atoms. The summed E-state index contributed by atoms with van der Waals surface area (Å²) in [6.07, 6.45) is 3.34. The van der Waals surface area contributed by atoms with Gasteiger partial charge in [0.05, 0.1) is 5.69 Å². The lowest BCUT2D eigenvalue weighted by atomic mass is 10.1. The Hall–Kier alpha value is -3.50. The highest BCUT2D eigenvalue weighted by Gasteiger charge is 2.07. The summed E-state index contributed by atoms with van der Waals surface area (Å²) >= 11 is 1.61. The number of amides is 1. The van der Waals surface area contributed by atoms with Crippen LogP contribution in [0.3, 0.4) is 0 Å². The fourth-order valence-electron chi connectivity index (χ4n) is 2.80. The molecule has 1 amide bonds. The molecule has 0 aliphatic heterocycles. The van der Waals surface area contributed by atoms with E-state index in [0.717, 1.165) is 33.1 Å². The standard InChI is InChI=1S/C24H18N2OS/c27-23(15-14-18-8-3-1-4-9-18)25-21-13-7-12-20(16-21)22-17-28-24(26-22)19-10-5-2-6-11-19/h1-17H,(H,25,27)/b15-14+. The zero-order valence-electron chi connectivity index (χ0n) is 15.1. The highest BCUT2D eigenvalue weighted by Crippen LogP contribution is 2.29. The summed E-state index contributed by atoms with van der Waals surface area (Å²) in [5, 5.41) is 5.93. The first-order chi connectivity index (χ1) is 13.8.